The Bertz CT molecular complexity index is 655. The zero-order valence-electron chi connectivity index (χ0n) is 14.0. The molecule has 2 rings (SSSR count). The molecule has 2 amide bonds. The second-order valence-electron chi connectivity index (χ2n) is 5.45. The number of nitrogens with one attached hydrogen (secondary N) is 1. The minimum Gasteiger partial charge on any atom is -0.496 e. The molecule has 0 unspecified atom stereocenters. The molecule has 124 valence electrons. The summed E-state index contributed by atoms with van der Waals surface area (Å²) < 4.78 is 7.12. The van der Waals surface area contributed by atoms with E-state index in [1.165, 1.54) is 0 Å². The van der Waals surface area contributed by atoms with Gasteiger partial charge in [-0.3, -0.25) is 0 Å². The van der Waals surface area contributed by atoms with Gasteiger partial charge in [0.1, 0.15) is 12.1 Å². The van der Waals surface area contributed by atoms with Gasteiger partial charge in [-0.05, 0) is 25.0 Å². The fourth-order valence-electron chi connectivity index (χ4n) is 2.34. The molecule has 1 atom stereocenters. The highest BCUT2D eigenvalue weighted by molar-refractivity contribution is 5.74. The molecule has 2 aromatic rings. The number of carbonyl (C=O) groups excluding carboxylic acids is 1. The first-order chi connectivity index (χ1) is 11.0. The minimum absolute atomic E-state index is 0.143. The van der Waals surface area contributed by atoms with E-state index in [1.807, 2.05) is 38.2 Å². The number of hydrogen-bond donors (Lipinski definition) is 1. The van der Waals surface area contributed by atoms with Crippen LogP contribution in [0.5, 0.6) is 5.75 Å². The lowest BCUT2D eigenvalue weighted by atomic mass is 10.1. The number of methoxy groups -OCH3 is 1. The van der Waals surface area contributed by atoms with Gasteiger partial charge in [0.15, 0.2) is 5.82 Å². The van der Waals surface area contributed by atoms with Gasteiger partial charge in [-0.1, -0.05) is 18.2 Å². The largest absolute Gasteiger partial charge is 0.496 e. The number of rotatable bonds is 6. The Morgan fingerprint density at radius 2 is 2.17 bits per heavy atom. The molecule has 1 N–H and O–H groups in total. The van der Waals surface area contributed by atoms with Gasteiger partial charge in [-0.15, -0.1) is 10.2 Å². The third-order valence-electron chi connectivity index (χ3n) is 3.73. The summed E-state index contributed by atoms with van der Waals surface area (Å²) in [7, 11) is 5.27. The van der Waals surface area contributed by atoms with Crippen LogP contribution < -0.4 is 10.1 Å². The van der Waals surface area contributed by atoms with Gasteiger partial charge in [0.25, 0.3) is 0 Å². The van der Waals surface area contributed by atoms with Crippen LogP contribution in [0.4, 0.5) is 4.79 Å². The lowest BCUT2D eigenvalue weighted by molar-refractivity contribution is 0.205. The Labute approximate surface area is 136 Å². The molecule has 0 fully saturated rings. The van der Waals surface area contributed by atoms with E-state index in [0.717, 1.165) is 23.6 Å². The number of nitrogens with zero attached hydrogens (tertiary/aromatic N) is 4. The Kier molecular flexibility index (Phi) is 5.56. The monoisotopic (exact) mass is 317 g/mol. The normalized spacial score (nSPS) is 11.8. The van der Waals surface area contributed by atoms with Gasteiger partial charge in [0, 0.05) is 20.6 Å². The number of urea groups is 1. The summed E-state index contributed by atoms with van der Waals surface area (Å²) in [5.41, 5.74) is 1.08. The number of aromatic nitrogens is 3. The SMILES string of the molecule is COc1ccccc1CCN(C)C(=O)N[C@@H](C)c1nncn1C. The number of benzene rings is 1. The van der Waals surface area contributed by atoms with E-state index in [2.05, 4.69) is 15.5 Å². The lowest BCUT2D eigenvalue weighted by Crippen LogP contribution is -2.40. The highest BCUT2D eigenvalue weighted by Gasteiger charge is 2.17. The molecule has 7 heteroatoms. The van der Waals surface area contributed by atoms with E-state index >= 15 is 0 Å². The maximum atomic E-state index is 12.3. The first-order valence-corrected chi connectivity index (χ1v) is 7.50. The number of para-hydroxylation sites is 1. The highest BCUT2D eigenvalue weighted by atomic mass is 16.5. The van der Waals surface area contributed by atoms with Crippen LogP contribution in [0.2, 0.25) is 0 Å². The van der Waals surface area contributed by atoms with Crippen LogP contribution in [-0.4, -0.2) is 46.4 Å². The minimum atomic E-state index is -0.205. The molecule has 0 aliphatic carbocycles. The predicted molar refractivity (Wildman–Crippen MR) is 87.3 cm³/mol. The standard InChI is InChI=1S/C16H23N5O2/c1-12(15-19-17-11-21(15)3)18-16(22)20(2)10-9-13-7-5-6-8-14(13)23-4/h5-8,11-12H,9-10H2,1-4H3,(H,18,22)/t12-/m0/s1. The Hall–Kier alpha value is -2.57. The molecule has 0 aliphatic rings. The zero-order valence-corrected chi connectivity index (χ0v) is 14.0. The Balaban J connectivity index is 1.89. The maximum Gasteiger partial charge on any atom is 0.317 e. The van der Waals surface area contributed by atoms with E-state index in [9.17, 15) is 4.79 Å². The van der Waals surface area contributed by atoms with Crippen molar-refractivity contribution >= 4 is 6.03 Å². The summed E-state index contributed by atoms with van der Waals surface area (Å²) in [5, 5.41) is 10.8. The van der Waals surface area contributed by atoms with Crippen LogP contribution >= 0.6 is 0 Å². The summed E-state index contributed by atoms with van der Waals surface area (Å²) in [6, 6.07) is 7.48. The summed E-state index contributed by atoms with van der Waals surface area (Å²) in [6.07, 6.45) is 2.34. The fourth-order valence-corrected chi connectivity index (χ4v) is 2.34. The van der Waals surface area contributed by atoms with E-state index < -0.39 is 0 Å². The molecule has 0 bridgehead atoms. The van der Waals surface area contributed by atoms with Crippen LogP contribution in [0.1, 0.15) is 24.4 Å². The van der Waals surface area contributed by atoms with E-state index in [4.69, 9.17) is 4.74 Å². The molecule has 0 saturated heterocycles. The van der Waals surface area contributed by atoms with Crippen molar-refractivity contribution in [2.45, 2.75) is 19.4 Å². The van der Waals surface area contributed by atoms with E-state index in [-0.39, 0.29) is 12.1 Å². The van der Waals surface area contributed by atoms with Crippen LogP contribution in [0.25, 0.3) is 0 Å². The molecule has 0 saturated carbocycles. The molecule has 1 aromatic heterocycles. The van der Waals surface area contributed by atoms with Crippen LogP contribution in [0.3, 0.4) is 0 Å². The Morgan fingerprint density at radius 1 is 1.43 bits per heavy atom. The van der Waals surface area contributed by atoms with Gasteiger partial charge in [-0.25, -0.2) is 4.79 Å². The Morgan fingerprint density at radius 3 is 2.83 bits per heavy atom. The van der Waals surface area contributed by atoms with Crippen LogP contribution in [0.15, 0.2) is 30.6 Å². The van der Waals surface area contributed by atoms with Gasteiger partial charge in [0.05, 0.1) is 13.2 Å². The van der Waals surface area contributed by atoms with Crippen molar-refractivity contribution in [2.75, 3.05) is 20.7 Å². The number of hydrogen-bond acceptors (Lipinski definition) is 4. The zero-order chi connectivity index (χ0) is 16.8. The third-order valence-corrected chi connectivity index (χ3v) is 3.73. The van der Waals surface area contributed by atoms with E-state index in [1.54, 1.807) is 30.0 Å². The lowest BCUT2D eigenvalue weighted by Gasteiger charge is -2.21. The van der Waals surface area contributed by atoms with Gasteiger partial charge in [0.2, 0.25) is 0 Å². The topological polar surface area (TPSA) is 72.3 Å². The highest BCUT2D eigenvalue weighted by Crippen LogP contribution is 2.18. The number of aryl methyl sites for hydroxylation is 1. The number of amides is 2. The molecule has 23 heavy (non-hydrogen) atoms. The maximum absolute atomic E-state index is 12.3. The molecule has 1 heterocycles. The van der Waals surface area contributed by atoms with Crippen molar-refractivity contribution in [3.8, 4) is 5.75 Å². The molecule has 0 spiro atoms. The van der Waals surface area contributed by atoms with Crippen LogP contribution in [0, 0.1) is 0 Å². The van der Waals surface area contributed by atoms with Crippen molar-refractivity contribution < 1.29 is 9.53 Å². The van der Waals surface area contributed by atoms with Crippen molar-refractivity contribution in [2.24, 2.45) is 7.05 Å². The molecule has 7 nitrogen and oxygen atoms in total. The number of likely N-dealkylation sites (N-methyl/N-ethyl adjacent to an activating group) is 1. The first-order valence-electron chi connectivity index (χ1n) is 7.50. The number of ether oxygens (including phenoxy) is 1. The van der Waals surface area contributed by atoms with Crippen molar-refractivity contribution in [3.63, 3.8) is 0 Å². The van der Waals surface area contributed by atoms with Gasteiger partial charge >= 0.3 is 6.03 Å². The number of carbonyl (C=O) groups is 1. The van der Waals surface area contributed by atoms with Gasteiger partial charge in [-0.2, -0.15) is 0 Å². The average Bonchev–Trinajstić information content (AvgIpc) is 2.98. The quantitative estimate of drug-likeness (QED) is 0.881. The average molecular weight is 317 g/mol. The summed E-state index contributed by atoms with van der Waals surface area (Å²) in [5.74, 6) is 1.56. The smallest absolute Gasteiger partial charge is 0.317 e. The third kappa shape index (κ3) is 4.21. The van der Waals surface area contributed by atoms with Crippen LogP contribution in [-0.2, 0) is 13.5 Å². The summed E-state index contributed by atoms with van der Waals surface area (Å²) in [4.78, 5) is 13.9. The fraction of sp³-hybridized carbons (Fsp3) is 0.438. The molecule has 0 aliphatic heterocycles. The summed E-state index contributed by atoms with van der Waals surface area (Å²) in [6.45, 7) is 2.48. The molecule has 0 radical (unpaired) electrons. The molecular formula is C16H23N5O2. The first kappa shape index (κ1) is 16.8. The van der Waals surface area contributed by atoms with Crippen molar-refractivity contribution in [3.05, 3.63) is 42.0 Å². The molecular weight excluding hydrogens is 294 g/mol. The summed E-state index contributed by atoms with van der Waals surface area (Å²) >= 11 is 0. The second kappa shape index (κ2) is 7.62. The van der Waals surface area contributed by atoms with Crippen molar-refractivity contribution in [1.29, 1.82) is 0 Å². The van der Waals surface area contributed by atoms with Gasteiger partial charge < -0.3 is 19.5 Å². The van der Waals surface area contributed by atoms with Crippen molar-refractivity contribution in [1.82, 2.24) is 25.0 Å². The van der Waals surface area contributed by atoms with E-state index in [0.29, 0.717) is 6.54 Å². The molecule has 1 aromatic carbocycles. The second-order valence-corrected chi connectivity index (χ2v) is 5.45. The predicted octanol–water partition coefficient (Wildman–Crippen LogP) is 1.77.